The molecule has 0 spiro atoms. The van der Waals surface area contributed by atoms with E-state index in [1.165, 1.54) is 11.3 Å². The lowest BCUT2D eigenvalue weighted by molar-refractivity contribution is 0.0955. The Bertz CT molecular complexity index is 883. The molecule has 5 nitrogen and oxygen atoms in total. The average molecular weight is 367 g/mol. The molecule has 2 aromatic carbocycles. The van der Waals surface area contributed by atoms with E-state index >= 15 is 0 Å². The van der Waals surface area contributed by atoms with E-state index in [4.69, 9.17) is 0 Å². The SMILES string of the molecule is CC(C)NC(=O)Nc1ccc(CNC(=O)c2cc3ccccc3s2)cc1. The van der Waals surface area contributed by atoms with Crippen LogP contribution in [0.2, 0.25) is 0 Å². The van der Waals surface area contributed by atoms with Crippen molar-refractivity contribution in [3.8, 4) is 0 Å². The second kappa shape index (κ2) is 8.01. The Morgan fingerprint density at radius 3 is 2.46 bits per heavy atom. The third-order valence-corrected chi connectivity index (χ3v) is 4.85. The van der Waals surface area contributed by atoms with Crippen molar-refractivity contribution in [2.45, 2.75) is 26.4 Å². The summed E-state index contributed by atoms with van der Waals surface area (Å²) < 4.78 is 1.10. The van der Waals surface area contributed by atoms with E-state index in [0.29, 0.717) is 17.1 Å². The molecule has 0 fully saturated rings. The molecule has 0 aliphatic carbocycles. The number of anilines is 1. The van der Waals surface area contributed by atoms with Crippen molar-refractivity contribution in [3.63, 3.8) is 0 Å². The van der Waals surface area contributed by atoms with Gasteiger partial charge in [-0.3, -0.25) is 4.79 Å². The number of thiophene rings is 1. The fourth-order valence-electron chi connectivity index (χ4n) is 2.50. The zero-order chi connectivity index (χ0) is 18.5. The van der Waals surface area contributed by atoms with Crippen molar-refractivity contribution in [1.29, 1.82) is 0 Å². The maximum atomic E-state index is 12.3. The van der Waals surface area contributed by atoms with Gasteiger partial charge < -0.3 is 16.0 Å². The first-order valence-corrected chi connectivity index (χ1v) is 9.26. The number of hydrogen-bond donors (Lipinski definition) is 3. The lowest BCUT2D eigenvalue weighted by Crippen LogP contribution is -2.34. The highest BCUT2D eigenvalue weighted by Crippen LogP contribution is 2.25. The Labute approximate surface area is 156 Å². The van der Waals surface area contributed by atoms with Gasteiger partial charge in [0.15, 0.2) is 0 Å². The monoisotopic (exact) mass is 367 g/mol. The Balaban J connectivity index is 1.55. The third kappa shape index (κ3) is 4.61. The van der Waals surface area contributed by atoms with E-state index in [1.54, 1.807) is 0 Å². The molecule has 0 radical (unpaired) electrons. The zero-order valence-electron chi connectivity index (χ0n) is 14.7. The number of carbonyl (C=O) groups is 2. The highest BCUT2D eigenvalue weighted by molar-refractivity contribution is 7.20. The van der Waals surface area contributed by atoms with Gasteiger partial charge >= 0.3 is 6.03 Å². The fraction of sp³-hybridized carbons (Fsp3) is 0.200. The fourth-order valence-corrected chi connectivity index (χ4v) is 3.48. The van der Waals surface area contributed by atoms with Gasteiger partial charge in [-0.15, -0.1) is 11.3 Å². The summed E-state index contributed by atoms with van der Waals surface area (Å²) >= 11 is 1.49. The molecule has 0 aliphatic heterocycles. The zero-order valence-corrected chi connectivity index (χ0v) is 15.5. The van der Waals surface area contributed by atoms with E-state index in [0.717, 1.165) is 15.6 Å². The van der Waals surface area contributed by atoms with Crippen LogP contribution in [0, 0.1) is 0 Å². The number of hydrogen-bond acceptors (Lipinski definition) is 3. The molecule has 134 valence electrons. The van der Waals surface area contributed by atoms with Gasteiger partial charge in [-0.1, -0.05) is 30.3 Å². The maximum absolute atomic E-state index is 12.3. The van der Waals surface area contributed by atoms with Crippen LogP contribution >= 0.6 is 11.3 Å². The van der Waals surface area contributed by atoms with Gasteiger partial charge in [-0.05, 0) is 49.1 Å². The molecule has 26 heavy (non-hydrogen) atoms. The van der Waals surface area contributed by atoms with E-state index in [2.05, 4.69) is 16.0 Å². The molecule has 1 heterocycles. The number of urea groups is 1. The van der Waals surface area contributed by atoms with Crippen molar-refractivity contribution < 1.29 is 9.59 Å². The number of nitrogens with one attached hydrogen (secondary N) is 3. The minimum atomic E-state index is -0.231. The van der Waals surface area contributed by atoms with Gasteiger partial charge in [0.2, 0.25) is 0 Å². The predicted molar refractivity (Wildman–Crippen MR) is 107 cm³/mol. The molecule has 1 aromatic heterocycles. The van der Waals surface area contributed by atoms with Crippen molar-refractivity contribution in [2.75, 3.05) is 5.32 Å². The summed E-state index contributed by atoms with van der Waals surface area (Å²) in [5.74, 6) is -0.0790. The van der Waals surface area contributed by atoms with E-state index < -0.39 is 0 Å². The van der Waals surface area contributed by atoms with Gasteiger partial charge in [0.1, 0.15) is 0 Å². The van der Waals surface area contributed by atoms with Crippen LogP contribution in [0.4, 0.5) is 10.5 Å². The summed E-state index contributed by atoms with van der Waals surface area (Å²) in [6.07, 6.45) is 0. The van der Waals surface area contributed by atoms with Crippen LogP contribution in [0.3, 0.4) is 0 Å². The minimum absolute atomic E-state index is 0.0790. The average Bonchev–Trinajstić information content (AvgIpc) is 3.04. The Kier molecular flexibility index (Phi) is 5.53. The smallest absolute Gasteiger partial charge is 0.319 e. The lowest BCUT2D eigenvalue weighted by Gasteiger charge is -2.10. The highest BCUT2D eigenvalue weighted by atomic mass is 32.1. The molecule has 0 aliphatic rings. The van der Waals surface area contributed by atoms with E-state index in [1.807, 2.05) is 68.4 Å². The molecule has 0 bridgehead atoms. The van der Waals surface area contributed by atoms with Crippen LogP contribution in [0.15, 0.2) is 54.6 Å². The van der Waals surface area contributed by atoms with Crippen LogP contribution in [0.1, 0.15) is 29.1 Å². The van der Waals surface area contributed by atoms with Crippen molar-refractivity contribution >= 4 is 39.0 Å². The number of carbonyl (C=O) groups excluding carboxylic acids is 2. The number of amides is 3. The second-order valence-corrected chi connectivity index (χ2v) is 7.37. The summed E-state index contributed by atoms with van der Waals surface area (Å²) in [5.41, 5.74) is 1.68. The molecular formula is C20H21N3O2S. The van der Waals surface area contributed by atoms with Crippen LogP contribution in [0.25, 0.3) is 10.1 Å². The van der Waals surface area contributed by atoms with E-state index in [-0.39, 0.29) is 18.0 Å². The van der Waals surface area contributed by atoms with Gasteiger partial charge in [0, 0.05) is 23.0 Å². The molecule has 0 saturated heterocycles. The summed E-state index contributed by atoms with van der Waals surface area (Å²) in [4.78, 5) is 24.7. The maximum Gasteiger partial charge on any atom is 0.319 e. The van der Waals surface area contributed by atoms with Crippen molar-refractivity contribution in [3.05, 3.63) is 65.0 Å². The molecule has 3 amide bonds. The first kappa shape index (κ1) is 17.9. The Hall–Kier alpha value is -2.86. The summed E-state index contributed by atoms with van der Waals surface area (Å²) in [6, 6.07) is 17.1. The summed E-state index contributed by atoms with van der Waals surface area (Å²) in [5, 5.41) is 9.56. The Morgan fingerprint density at radius 1 is 1.04 bits per heavy atom. The number of fused-ring (bicyclic) bond motifs is 1. The first-order chi connectivity index (χ1) is 12.5. The first-order valence-electron chi connectivity index (χ1n) is 8.44. The normalized spacial score (nSPS) is 10.7. The van der Waals surface area contributed by atoms with Crippen molar-refractivity contribution in [2.24, 2.45) is 0 Å². The number of benzene rings is 2. The predicted octanol–water partition coefficient (Wildman–Crippen LogP) is 4.36. The molecule has 3 N–H and O–H groups in total. The third-order valence-electron chi connectivity index (χ3n) is 3.73. The molecule has 3 aromatic rings. The van der Waals surface area contributed by atoms with Gasteiger partial charge in [0.25, 0.3) is 5.91 Å². The number of rotatable bonds is 5. The van der Waals surface area contributed by atoms with Crippen LogP contribution in [-0.4, -0.2) is 18.0 Å². The lowest BCUT2D eigenvalue weighted by atomic mass is 10.2. The second-order valence-electron chi connectivity index (χ2n) is 6.28. The van der Waals surface area contributed by atoms with E-state index in [9.17, 15) is 9.59 Å². The highest BCUT2D eigenvalue weighted by Gasteiger charge is 2.10. The molecule has 0 saturated carbocycles. The quantitative estimate of drug-likeness (QED) is 0.627. The van der Waals surface area contributed by atoms with Crippen molar-refractivity contribution in [1.82, 2.24) is 10.6 Å². The largest absolute Gasteiger partial charge is 0.347 e. The topological polar surface area (TPSA) is 70.2 Å². The van der Waals surface area contributed by atoms with Crippen LogP contribution < -0.4 is 16.0 Å². The summed E-state index contributed by atoms with van der Waals surface area (Å²) in [6.45, 7) is 4.25. The minimum Gasteiger partial charge on any atom is -0.347 e. The molecule has 0 unspecified atom stereocenters. The Morgan fingerprint density at radius 2 is 1.77 bits per heavy atom. The molecular weight excluding hydrogens is 346 g/mol. The van der Waals surface area contributed by atoms with Gasteiger partial charge in [-0.25, -0.2) is 4.79 Å². The molecule has 3 rings (SSSR count). The van der Waals surface area contributed by atoms with Gasteiger partial charge in [0.05, 0.1) is 4.88 Å². The standard InChI is InChI=1S/C20H21N3O2S/c1-13(2)22-20(25)23-16-9-7-14(8-10-16)12-21-19(24)18-11-15-5-3-4-6-17(15)26-18/h3-11,13H,12H2,1-2H3,(H,21,24)(H2,22,23,25). The van der Waals surface area contributed by atoms with Crippen LogP contribution in [0.5, 0.6) is 0 Å². The summed E-state index contributed by atoms with van der Waals surface area (Å²) in [7, 11) is 0. The van der Waals surface area contributed by atoms with Crippen LogP contribution in [-0.2, 0) is 6.54 Å². The molecule has 0 atom stereocenters. The molecule has 6 heteroatoms. The van der Waals surface area contributed by atoms with Gasteiger partial charge in [-0.2, -0.15) is 0 Å².